The maximum Gasteiger partial charge on any atom is 0.205 e. The average molecular weight is 319 g/mol. The summed E-state index contributed by atoms with van der Waals surface area (Å²) in [6.45, 7) is 2.52. The van der Waals surface area contributed by atoms with Crippen molar-refractivity contribution in [3.05, 3.63) is 63.6 Å². The summed E-state index contributed by atoms with van der Waals surface area (Å²) in [5.41, 5.74) is 3.07. The Morgan fingerprint density at radius 3 is 2.62 bits per heavy atom. The number of hydrogen-bond acceptors (Lipinski definition) is 3. The molecule has 0 N–H and O–H groups in total. The summed E-state index contributed by atoms with van der Waals surface area (Å²) in [7, 11) is 0. The van der Waals surface area contributed by atoms with Crippen molar-refractivity contribution in [2.75, 3.05) is 0 Å². The summed E-state index contributed by atoms with van der Waals surface area (Å²) < 4.78 is 0. The Morgan fingerprint density at radius 2 is 1.86 bits per heavy atom. The summed E-state index contributed by atoms with van der Waals surface area (Å²) >= 11 is 11.9. The molecule has 0 fully saturated rings. The highest BCUT2D eigenvalue weighted by Crippen LogP contribution is 2.23. The summed E-state index contributed by atoms with van der Waals surface area (Å²) in [6, 6.07) is 13.4. The first-order valence-electron chi connectivity index (χ1n) is 6.41. The zero-order valence-corrected chi connectivity index (χ0v) is 12.8. The Balaban J connectivity index is 1.85. The highest BCUT2D eigenvalue weighted by Gasteiger charge is 2.09. The maximum atomic E-state index is 6.00. The molecule has 0 saturated heterocycles. The van der Waals surface area contributed by atoms with Crippen LogP contribution in [0.5, 0.6) is 0 Å². The molecule has 3 rings (SSSR count). The van der Waals surface area contributed by atoms with Gasteiger partial charge in [0.2, 0.25) is 5.82 Å². The van der Waals surface area contributed by atoms with E-state index < -0.39 is 0 Å². The lowest BCUT2D eigenvalue weighted by molar-refractivity contribution is 0.573. The van der Waals surface area contributed by atoms with Gasteiger partial charge in [0.1, 0.15) is 0 Å². The lowest BCUT2D eigenvalue weighted by Crippen LogP contribution is -2.04. The van der Waals surface area contributed by atoms with E-state index in [2.05, 4.69) is 15.4 Å². The second kappa shape index (κ2) is 5.84. The van der Waals surface area contributed by atoms with Crippen LogP contribution < -0.4 is 0 Å². The number of rotatable bonds is 3. The van der Waals surface area contributed by atoms with Gasteiger partial charge in [-0.15, -0.1) is 10.2 Å². The highest BCUT2D eigenvalue weighted by atomic mass is 35.5. The number of hydrogen-bond donors (Lipinski definition) is 0. The zero-order chi connectivity index (χ0) is 14.8. The van der Waals surface area contributed by atoms with Crippen LogP contribution >= 0.6 is 23.2 Å². The molecule has 6 heteroatoms. The normalized spacial score (nSPS) is 10.8. The van der Waals surface area contributed by atoms with Crippen LogP contribution in [0.15, 0.2) is 42.5 Å². The van der Waals surface area contributed by atoms with Gasteiger partial charge >= 0.3 is 0 Å². The van der Waals surface area contributed by atoms with Crippen LogP contribution in [0.1, 0.15) is 11.1 Å². The van der Waals surface area contributed by atoms with Gasteiger partial charge in [-0.2, -0.15) is 4.80 Å². The van der Waals surface area contributed by atoms with Crippen molar-refractivity contribution in [2.45, 2.75) is 13.5 Å². The zero-order valence-electron chi connectivity index (χ0n) is 11.3. The van der Waals surface area contributed by atoms with E-state index in [1.807, 2.05) is 37.3 Å². The Kier molecular flexibility index (Phi) is 3.90. The molecular formula is C15H12Cl2N4. The van der Waals surface area contributed by atoms with E-state index in [0.29, 0.717) is 22.4 Å². The van der Waals surface area contributed by atoms with E-state index >= 15 is 0 Å². The molecule has 0 radical (unpaired) electrons. The van der Waals surface area contributed by atoms with Crippen molar-refractivity contribution in [3.8, 4) is 11.4 Å². The van der Waals surface area contributed by atoms with Crippen LogP contribution in [0.4, 0.5) is 0 Å². The quantitative estimate of drug-likeness (QED) is 0.733. The third-order valence-electron chi connectivity index (χ3n) is 3.15. The third-order valence-corrected chi connectivity index (χ3v) is 3.89. The van der Waals surface area contributed by atoms with Crippen LogP contribution in [0.2, 0.25) is 10.0 Å². The summed E-state index contributed by atoms with van der Waals surface area (Å²) in [5.74, 6) is 0.619. The topological polar surface area (TPSA) is 43.6 Å². The van der Waals surface area contributed by atoms with Gasteiger partial charge in [0, 0.05) is 5.56 Å². The molecule has 2 aromatic carbocycles. The second-order valence-corrected chi connectivity index (χ2v) is 5.52. The van der Waals surface area contributed by atoms with Crippen LogP contribution in [-0.2, 0) is 6.54 Å². The number of nitrogens with zero attached hydrogens (tertiary/aromatic N) is 4. The largest absolute Gasteiger partial charge is 0.205 e. The number of aromatic nitrogens is 4. The molecule has 1 heterocycles. The van der Waals surface area contributed by atoms with Crippen molar-refractivity contribution in [1.29, 1.82) is 0 Å². The fourth-order valence-corrected chi connectivity index (χ4v) is 2.36. The fourth-order valence-electron chi connectivity index (χ4n) is 2.04. The highest BCUT2D eigenvalue weighted by molar-refractivity contribution is 6.42. The van der Waals surface area contributed by atoms with Gasteiger partial charge in [-0.25, -0.2) is 0 Å². The molecule has 0 spiro atoms. The van der Waals surface area contributed by atoms with Crippen molar-refractivity contribution in [3.63, 3.8) is 0 Å². The Labute approximate surface area is 132 Å². The van der Waals surface area contributed by atoms with Crippen molar-refractivity contribution in [1.82, 2.24) is 20.2 Å². The van der Waals surface area contributed by atoms with Gasteiger partial charge in [-0.3, -0.25) is 0 Å². The minimum atomic E-state index is 0.496. The van der Waals surface area contributed by atoms with Gasteiger partial charge in [-0.1, -0.05) is 53.5 Å². The van der Waals surface area contributed by atoms with Crippen LogP contribution in [-0.4, -0.2) is 20.2 Å². The molecule has 4 nitrogen and oxygen atoms in total. The van der Waals surface area contributed by atoms with E-state index in [0.717, 1.165) is 16.7 Å². The molecule has 0 unspecified atom stereocenters. The number of halogens is 2. The number of aryl methyl sites for hydroxylation is 1. The number of benzene rings is 2. The standard InChI is InChI=1S/C15H12Cl2N4/c1-10-4-2-3-5-12(10)15-18-20-21(19-15)9-11-6-7-13(16)14(17)8-11/h2-8H,9H2,1H3. The lowest BCUT2D eigenvalue weighted by atomic mass is 10.1. The van der Waals surface area contributed by atoms with Crippen LogP contribution in [0.3, 0.4) is 0 Å². The molecule has 0 saturated carbocycles. The monoisotopic (exact) mass is 318 g/mol. The molecule has 0 aliphatic rings. The first kappa shape index (κ1) is 14.0. The first-order valence-corrected chi connectivity index (χ1v) is 7.17. The molecule has 0 amide bonds. The van der Waals surface area contributed by atoms with E-state index in [1.165, 1.54) is 0 Å². The van der Waals surface area contributed by atoms with Gasteiger partial charge in [0.05, 0.1) is 16.6 Å². The molecule has 106 valence electrons. The van der Waals surface area contributed by atoms with Crippen molar-refractivity contribution < 1.29 is 0 Å². The van der Waals surface area contributed by atoms with Gasteiger partial charge in [0.15, 0.2) is 0 Å². The minimum absolute atomic E-state index is 0.496. The second-order valence-electron chi connectivity index (χ2n) is 4.71. The Bertz CT molecular complexity index is 783. The molecule has 0 aliphatic carbocycles. The third kappa shape index (κ3) is 3.06. The van der Waals surface area contributed by atoms with E-state index in [1.54, 1.807) is 16.9 Å². The van der Waals surface area contributed by atoms with E-state index in [4.69, 9.17) is 23.2 Å². The first-order chi connectivity index (χ1) is 10.1. The molecule has 1 aromatic heterocycles. The van der Waals surface area contributed by atoms with Gasteiger partial charge < -0.3 is 0 Å². The fraction of sp³-hybridized carbons (Fsp3) is 0.133. The molecule has 0 aliphatic heterocycles. The SMILES string of the molecule is Cc1ccccc1-c1nnn(Cc2ccc(Cl)c(Cl)c2)n1. The molecule has 0 bridgehead atoms. The smallest absolute Gasteiger partial charge is 0.159 e. The summed E-state index contributed by atoms with van der Waals surface area (Å²) in [6.07, 6.45) is 0. The number of tetrazole rings is 1. The molecular weight excluding hydrogens is 307 g/mol. The van der Waals surface area contributed by atoms with E-state index in [-0.39, 0.29) is 0 Å². The van der Waals surface area contributed by atoms with E-state index in [9.17, 15) is 0 Å². The minimum Gasteiger partial charge on any atom is -0.159 e. The predicted molar refractivity (Wildman–Crippen MR) is 83.6 cm³/mol. The Hall–Kier alpha value is -1.91. The summed E-state index contributed by atoms with van der Waals surface area (Å²) in [5, 5.41) is 13.7. The average Bonchev–Trinajstić information content (AvgIpc) is 2.92. The van der Waals surface area contributed by atoms with Crippen molar-refractivity contribution in [2.24, 2.45) is 0 Å². The molecule has 3 aromatic rings. The molecule has 21 heavy (non-hydrogen) atoms. The molecule has 0 atom stereocenters. The van der Waals surface area contributed by atoms with Crippen LogP contribution in [0, 0.1) is 6.92 Å². The van der Waals surface area contributed by atoms with Crippen molar-refractivity contribution >= 4 is 23.2 Å². The lowest BCUT2D eigenvalue weighted by Gasteiger charge is -2.02. The maximum absolute atomic E-state index is 6.00. The van der Waals surface area contributed by atoms with Gasteiger partial charge in [-0.05, 0) is 35.4 Å². The van der Waals surface area contributed by atoms with Gasteiger partial charge in [0.25, 0.3) is 0 Å². The Morgan fingerprint density at radius 1 is 1.05 bits per heavy atom. The summed E-state index contributed by atoms with van der Waals surface area (Å²) in [4.78, 5) is 1.54. The predicted octanol–water partition coefficient (Wildman–Crippen LogP) is 4.00. The van der Waals surface area contributed by atoms with Crippen LogP contribution in [0.25, 0.3) is 11.4 Å².